The van der Waals surface area contributed by atoms with E-state index in [4.69, 9.17) is 0 Å². The number of aromatic nitrogens is 2. The van der Waals surface area contributed by atoms with Crippen molar-refractivity contribution in [2.45, 2.75) is 13.8 Å². The molecule has 2 rings (SSSR count). The fourth-order valence-corrected chi connectivity index (χ4v) is 2.93. The molecule has 19 heavy (non-hydrogen) atoms. The number of nitrogens with zero attached hydrogens (tertiary/aromatic N) is 2. The minimum atomic E-state index is 0.723. The number of rotatable bonds is 3. The van der Waals surface area contributed by atoms with Crippen molar-refractivity contribution in [1.82, 2.24) is 9.97 Å². The highest BCUT2D eigenvalue weighted by Gasteiger charge is 2.11. The number of benzene rings is 1. The highest BCUT2D eigenvalue weighted by Crippen LogP contribution is 2.34. The van der Waals surface area contributed by atoms with Gasteiger partial charge in [-0.3, -0.25) is 0 Å². The van der Waals surface area contributed by atoms with Crippen molar-refractivity contribution in [2.24, 2.45) is 0 Å². The van der Waals surface area contributed by atoms with Crippen LogP contribution < -0.4 is 10.6 Å². The van der Waals surface area contributed by atoms with Crippen LogP contribution in [0.4, 0.5) is 17.3 Å². The van der Waals surface area contributed by atoms with Gasteiger partial charge in [-0.15, -0.1) is 0 Å². The van der Waals surface area contributed by atoms with Gasteiger partial charge in [-0.05, 0) is 57.8 Å². The van der Waals surface area contributed by atoms with Crippen LogP contribution in [0.15, 0.2) is 27.1 Å². The zero-order valence-electron chi connectivity index (χ0n) is 10.9. The Balaban J connectivity index is 2.47. The quantitative estimate of drug-likeness (QED) is 0.821. The summed E-state index contributed by atoms with van der Waals surface area (Å²) in [6, 6.07) is 5.93. The predicted molar refractivity (Wildman–Crippen MR) is 86.2 cm³/mol. The van der Waals surface area contributed by atoms with E-state index in [1.807, 2.05) is 39.1 Å². The van der Waals surface area contributed by atoms with Crippen LogP contribution in [-0.2, 0) is 0 Å². The summed E-state index contributed by atoms with van der Waals surface area (Å²) in [4.78, 5) is 8.81. The van der Waals surface area contributed by atoms with E-state index in [1.54, 1.807) is 0 Å². The summed E-state index contributed by atoms with van der Waals surface area (Å²) in [5.74, 6) is 2.35. The molecule has 4 nitrogen and oxygen atoms in total. The number of halogens is 2. The second kappa shape index (κ2) is 5.88. The van der Waals surface area contributed by atoms with Crippen LogP contribution >= 0.6 is 31.9 Å². The van der Waals surface area contributed by atoms with E-state index in [1.165, 1.54) is 0 Å². The summed E-state index contributed by atoms with van der Waals surface area (Å²) < 4.78 is 1.95. The fourth-order valence-electron chi connectivity index (χ4n) is 1.73. The molecule has 0 spiro atoms. The second-order valence-electron chi connectivity index (χ2n) is 4.06. The molecule has 1 aromatic heterocycles. The molecule has 6 heteroatoms. The van der Waals surface area contributed by atoms with Crippen molar-refractivity contribution in [2.75, 3.05) is 17.7 Å². The lowest BCUT2D eigenvalue weighted by Gasteiger charge is -2.14. The summed E-state index contributed by atoms with van der Waals surface area (Å²) >= 11 is 7.06. The average Bonchev–Trinajstić information content (AvgIpc) is 2.37. The van der Waals surface area contributed by atoms with Crippen molar-refractivity contribution in [3.05, 3.63) is 38.5 Å². The van der Waals surface area contributed by atoms with E-state index in [-0.39, 0.29) is 0 Å². The van der Waals surface area contributed by atoms with Gasteiger partial charge in [0.05, 0.1) is 5.69 Å². The van der Waals surface area contributed by atoms with E-state index >= 15 is 0 Å². The van der Waals surface area contributed by atoms with Gasteiger partial charge in [0.1, 0.15) is 17.5 Å². The topological polar surface area (TPSA) is 49.8 Å². The second-order valence-corrected chi connectivity index (χ2v) is 5.77. The van der Waals surface area contributed by atoms with Crippen molar-refractivity contribution < 1.29 is 0 Å². The summed E-state index contributed by atoms with van der Waals surface area (Å²) in [5, 5.41) is 6.42. The molecule has 2 aromatic rings. The fraction of sp³-hybridized carbons (Fsp3) is 0.231. The Hall–Kier alpha value is -1.14. The first-order chi connectivity index (χ1) is 9.02. The van der Waals surface area contributed by atoms with Gasteiger partial charge >= 0.3 is 0 Å². The Bertz CT molecular complexity index is 594. The number of aryl methyl sites for hydroxylation is 1. The van der Waals surface area contributed by atoms with Crippen molar-refractivity contribution in [3.63, 3.8) is 0 Å². The average molecular weight is 386 g/mol. The number of hydrogen-bond donors (Lipinski definition) is 2. The van der Waals surface area contributed by atoms with Crippen molar-refractivity contribution in [3.8, 4) is 0 Å². The maximum Gasteiger partial charge on any atom is 0.139 e. The Morgan fingerprint density at radius 3 is 2.16 bits per heavy atom. The summed E-state index contributed by atoms with van der Waals surface area (Å²) in [6.45, 7) is 3.86. The van der Waals surface area contributed by atoms with Gasteiger partial charge in [0.2, 0.25) is 0 Å². The molecule has 0 fully saturated rings. The summed E-state index contributed by atoms with van der Waals surface area (Å²) in [5.41, 5.74) is 1.93. The lowest BCUT2D eigenvalue weighted by molar-refractivity contribution is 1.03. The van der Waals surface area contributed by atoms with E-state index in [9.17, 15) is 0 Å². The number of nitrogens with one attached hydrogen (secondary N) is 2. The lowest BCUT2D eigenvalue weighted by Crippen LogP contribution is -2.05. The van der Waals surface area contributed by atoms with Crippen molar-refractivity contribution >= 4 is 49.2 Å². The number of anilines is 3. The molecule has 1 aromatic carbocycles. The van der Waals surface area contributed by atoms with E-state index in [0.29, 0.717) is 0 Å². The largest absolute Gasteiger partial charge is 0.373 e. The molecule has 0 bridgehead atoms. The molecule has 1 heterocycles. The monoisotopic (exact) mass is 384 g/mol. The zero-order chi connectivity index (χ0) is 14.0. The first kappa shape index (κ1) is 14.3. The van der Waals surface area contributed by atoms with Crippen molar-refractivity contribution in [1.29, 1.82) is 0 Å². The lowest BCUT2D eigenvalue weighted by atomic mass is 10.2. The van der Waals surface area contributed by atoms with E-state index in [0.717, 1.165) is 37.7 Å². The molecule has 0 radical (unpaired) electrons. The Labute approximate surface area is 129 Å². The molecule has 0 aliphatic heterocycles. The maximum atomic E-state index is 4.45. The highest BCUT2D eigenvalue weighted by molar-refractivity contribution is 9.11. The first-order valence-electron chi connectivity index (χ1n) is 5.77. The highest BCUT2D eigenvalue weighted by atomic mass is 79.9. The molecular weight excluding hydrogens is 372 g/mol. The molecule has 0 unspecified atom stereocenters. The van der Waals surface area contributed by atoms with Gasteiger partial charge in [0, 0.05) is 21.6 Å². The van der Waals surface area contributed by atoms with Gasteiger partial charge in [-0.1, -0.05) is 6.07 Å². The third kappa shape index (κ3) is 3.06. The number of para-hydroxylation sites is 1. The number of hydrogen-bond acceptors (Lipinski definition) is 4. The molecule has 0 saturated heterocycles. The zero-order valence-corrected chi connectivity index (χ0v) is 14.1. The molecule has 0 amide bonds. The van der Waals surface area contributed by atoms with Crippen LogP contribution in [0.3, 0.4) is 0 Å². The van der Waals surface area contributed by atoms with E-state index in [2.05, 4.69) is 52.5 Å². The van der Waals surface area contributed by atoms with Crippen LogP contribution in [-0.4, -0.2) is 17.0 Å². The molecule has 100 valence electrons. The van der Waals surface area contributed by atoms with Crippen LogP contribution in [0.25, 0.3) is 0 Å². The normalized spacial score (nSPS) is 10.4. The molecular formula is C13H14Br2N4. The molecule has 2 N–H and O–H groups in total. The third-order valence-electron chi connectivity index (χ3n) is 2.70. The first-order valence-corrected chi connectivity index (χ1v) is 7.35. The Morgan fingerprint density at radius 1 is 1.00 bits per heavy atom. The summed E-state index contributed by atoms with van der Waals surface area (Å²) in [6.07, 6.45) is 0. The minimum absolute atomic E-state index is 0.723. The molecule has 0 atom stereocenters. The van der Waals surface area contributed by atoms with Crippen LogP contribution in [0.1, 0.15) is 11.4 Å². The third-order valence-corrected chi connectivity index (χ3v) is 4.02. The van der Waals surface area contributed by atoms with Gasteiger partial charge in [0.15, 0.2) is 0 Å². The van der Waals surface area contributed by atoms with Gasteiger partial charge in [-0.2, -0.15) is 0 Å². The van der Waals surface area contributed by atoms with Crippen LogP contribution in [0, 0.1) is 13.8 Å². The molecule has 0 aliphatic rings. The Morgan fingerprint density at radius 2 is 1.58 bits per heavy atom. The van der Waals surface area contributed by atoms with Gasteiger partial charge in [0.25, 0.3) is 0 Å². The minimum Gasteiger partial charge on any atom is -0.373 e. The van der Waals surface area contributed by atoms with Crippen LogP contribution in [0.2, 0.25) is 0 Å². The standard InChI is InChI=1S/C13H14Br2N4/c1-7-12(16-3)17-8(2)18-13(7)19-11-9(14)5-4-6-10(11)15/h4-6H,1-3H3,(H2,16,17,18,19). The Kier molecular flexibility index (Phi) is 4.42. The molecule has 0 aliphatic carbocycles. The van der Waals surface area contributed by atoms with Crippen LogP contribution in [0.5, 0.6) is 0 Å². The van der Waals surface area contributed by atoms with Gasteiger partial charge in [-0.25, -0.2) is 9.97 Å². The smallest absolute Gasteiger partial charge is 0.139 e. The predicted octanol–water partition coefficient (Wildman–Crippen LogP) is 4.40. The summed E-state index contributed by atoms with van der Waals surface area (Å²) in [7, 11) is 1.85. The van der Waals surface area contributed by atoms with Gasteiger partial charge < -0.3 is 10.6 Å². The van der Waals surface area contributed by atoms with E-state index < -0.39 is 0 Å². The SMILES string of the molecule is CNc1nc(C)nc(Nc2c(Br)cccc2Br)c1C. The maximum absolute atomic E-state index is 4.45. The molecule has 0 saturated carbocycles.